The average Bonchev–Trinajstić information content (AvgIpc) is 3.16. The Morgan fingerprint density at radius 2 is 1.06 bits per heavy atom. The highest BCUT2D eigenvalue weighted by atomic mass is 35.5. The standard InChI is InChI=1S/C19H20ClN5O2S.C18H16Cl2N2O2S/c1-2-25(12-13-6-4-3-5-7-13)28(26,27)14-8-9-15-16(10-14)18(24-19(21)22)23-11-17(15)20;1-2-22(12-13-6-4-3-5-7-13)25(23,24)14-8-9-15-16(10-14)18(20)21-11-17(15)19/h3-11H,2,12H2,1H3,(H4,21,22,23,24);3-11H,2,12H2,1H3. The van der Waals surface area contributed by atoms with E-state index in [4.69, 9.17) is 46.3 Å². The van der Waals surface area contributed by atoms with Crippen LogP contribution in [0.15, 0.2) is 124 Å². The van der Waals surface area contributed by atoms with Crippen molar-refractivity contribution in [3.05, 3.63) is 136 Å². The zero-order valence-corrected chi connectivity index (χ0v) is 32.6. The van der Waals surface area contributed by atoms with Gasteiger partial charge in [-0.2, -0.15) is 13.6 Å². The van der Waals surface area contributed by atoms with Gasteiger partial charge in [0.25, 0.3) is 0 Å². The monoisotopic (exact) mass is 811 g/mol. The maximum atomic E-state index is 13.2. The number of nitrogens with two attached hydrogens (primary N) is 2. The van der Waals surface area contributed by atoms with Crippen LogP contribution in [0.4, 0.5) is 5.82 Å². The minimum Gasteiger partial charge on any atom is -0.370 e. The molecule has 4 aromatic carbocycles. The van der Waals surface area contributed by atoms with Crippen LogP contribution >= 0.6 is 34.8 Å². The molecular formula is C37H36Cl3N7O4S2. The van der Waals surface area contributed by atoms with Gasteiger partial charge in [0, 0.05) is 60.1 Å². The van der Waals surface area contributed by atoms with Crippen molar-refractivity contribution < 1.29 is 16.8 Å². The zero-order valence-electron chi connectivity index (χ0n) is 28.7. The van der Waals surface area contributed by atoms with Gasteiger partial charge in [0.2, 0.25) is 20.0 Å². The lowest BCUT2D eigenvalue weighted by atomic mass is 10.1. The van der Waals surface area contributed by atoms with E-state index in [1.807, 2.05) is 67.6 Å². The van der Waals surface area contributed by atoms with Crippen molar-refractivity contribution in [1.82, 2.24) is 18.6 Å². The summed E-state index contributed by atoms with van der Waals surface area (Å²) < 4.78 is 55.3. The number of halogens is 3. The van der Waals surface area contributed by atoms with Crippen molar-refractivity contribution in [2.45, 2.75) is 36.7 Å². The largest absolute Gasteiger partial charge is 0.370 e. The van der Waals surface area contributed by atoms with Gasteiger partial charge in [-0.1, -0.05) is 121 Å². The second-order valence-corrected chi connectivity index (χ2v) is 16.7. The van der Waals surface area contributed by atoms with Crippen LogP contribution in [0.3, 0.4) is 0 Å². The Kier molecular flexibility index (Phi) is 12.9. The maximum absolute atomic E-state index is 13.2. The molecule has 11 nitrogen and oxygen atoms in total. The number of benzene rings is 4. The molecule has 0 amide bonds. The van der Waals surface area contributed by atoms with E-state index in [0.717, 1.165) is 11.1 Å². The summed E-state index contributed by atoms with van der Waals surface area (Å²) >= 11 is 18.4. The van der Waals surface area contributed by atoms with Crippen molar-refractivity contribution in [1.29, 1.82) is 0 Å². The first-order valence-corrected chi connectivity index (χ1v) is 20.3. The first kappa shape index (κ1) is 39.9. The van der Waals surface area contributed by atoms with Crippen molar-refractivity contribution in [3.8, 4) is 0 Å². The topological polar surface area (TPSA) is 165 Å². The lowest BCUT2D eigenvalue weighted by molar-refractivity contribution is 0.423. The Morgan fingerprint density at radius 3 is 1.51 bits per heavy atom. The molecule has 0 aliphatic heterocycles. The fourth-order valence-electron chi connectivity index (χ4n) is 5.47. The van der Waals surface area contributed by atoms with E-state index in [1.54, 1.807) is 25.1 Å². The molecule has 0 aliphatic rings. The first-order chi connectivity index (χ1) is 25.3. The summed E-state index contributed by atoms with van der Waals surface area (Å²) in [5.74, 6) is 0.0335. The van der Waals surface area contributed by atoms with Crippen molar-refractivity contribution in [2.24, 2.45) is 16.5 Å². The van der Waals surface area contributed by atoms with Gasteiger partial charge in [-0.05, 0) is 35.4 Å². The fourth-order valence-corrected chi connectivity index (χ4v) is 9.03. The highest BCUT2D eigenvalue weighted by Gasteiger charge is 2.25. The lowest BCUT2D eigenvalue weighted by Crippen LogP contribution is -2.30. The van der Waals surface area contributed by atoms with Crippen LogP contribution in [-0.4, -0.2) is 54.5 Å². The number of nitrogens with zero attached hydrogens (tertiary/aromatic N) is 5. The summed E-state index contributed by atoms with van der Waals surface area (Å²) in [7, 11) is -7.41. The summed E-state index contributed by atoms with van der Waals surface area (Å²) in [6.07, 6.45) is 2.88. The minimum atomic E-state index is -3.75. The predicted octanol–water partition coefficient (Wildman–Crippen LogP) is 7.76. The molecule has 0 saturated carbocycles. The molecule has 0 spiro atoms. The Morgan fingerprint density at radius 1 is 0.623 bits per heavy atom. The van der Waals surface area contributed by atoms with Crippen LogP contribution in [0.2, 0.25) is 15.2 Å². The Balaban J connectivity index is 0.000000206. The molecule has 0 radical (unpaired) electrons. The third-order valence-corrected chi connectivity index (χ3v) is 12.9. The molecular weight excluding hydrogens is 777 g/mol. The van der Waals surface area contributed by atoms with Crippen LogP contribution in [0.5, 0.6) is 0 Å². The first-order valence-electron chi connectivity index (χ1n) is 16.3. The molecule has 0 unspecified atom stereocenters. The summed E-state index contributed by atoms with van der Waals surface area (Å²) in [4.78, 5) is 12.4. The zero-order chi connectivity index (χ0) is 38.3. The summed E-state index contributed by atoms with van der Waals surface area (Å²) in [6.45, 7) is 4.86. The van der Waals surface area contributed by atoms with Crippen LogP contribution in [0, 0.1) is 0 Å². The molecule has 276 valence electrons. The van der Waals surface area contributed by atoms with Gasteiger partial charge in [-0.25, -0.2) is 26.8 Å². The summed E-state index contributed by atoms with van der Waals surface area (Å²) in [6, 6.07) is 28.3. The molecule has 0 saturated heterocycles. The van der Waals surface area contributed by atoms with E-state index >= 15 is 0 Å². The number of pyridine rings is 2. The number of fused-ring (bicyclic) bond motifs is 2. The third-order valence-electron chi connectivity index (χ3n) is 8.17. The predicted molar refractivity (Wildman–Crippen MR) is 213 cm³/mol. The highest BCUT2D eigenvalue weighted by molar-refractivity contribution is 7.89. The maximum Gasteiger partial charge on any atom is 0.243 e. The minimum absolute atomic E-state index is 0.119. The van der Waals surface area contributed by atoms with Crippen molar-refractivity contribution >= 4 is 88.2 Å². The van der Waals surface area contributed by atoms with E-state index < -0.39 is 20.0 Å². The van der Waals surface area contributed by atoms with Crippen molar-refractivity contribution in [2.75, 3.05) is 13.1 Å². The van der Waals surface area contributed by atoms with Gasteiger partial charge >= 0.3 is 0 Å². The second kappa shape index (κ2) is 17.2. The number of hydrogen-bond acceptors (Lipinski definition) is 7. The normalized spacial score (nSPS) is 11.8. The lowest BCUT2D eigenvalue weighted by Gasteiger charge is -2.21. The fraction of sp³-hybridized carbons (Fsp3) is 0.162. The van der Waals surface area contributed by atoms with Crippen LogP contribution in [-0.2, 0) is 33.1 Å². The third kappa shape index (κ3) is 9.25. The quantitative estimate of drug-likeness (QED) is 0.0762. The number of aliphatic imine (C=N–C) groups is 1. The average molecular weight is 813 g/mol. The summed E-state index contributed by atoms with van der Waals surface area (Å²) in [5, 5.41) is 3.30. The van der Waals surface area contributed by atoms with Gasteiger partial charge in [0.1, 0.15) is 5.15 Å². The molecule has 2 heterocycles. The molecule has 2 aromatic heterocycles. The number of hydrogen-bond donors (Lipinski definition) is 2. The van der Waals surface area contributed by atoms with Gasteiger partial charge in [-0.3, -0.25) is 0 Å². The van der Waals surface area contributed by atoms with Gasteiger partial charge in [-0.15, -0.1) is 0 Å². The molecule has 0 atom stereocenters. The number of rotatable bonds is 11. The van der Waals surface area contributed by atoms with E-state index in [1.165, 1.54) is 39.2 Å². The molecule has 53 heavy (non-hydrogen) atoms. The van der Waals surface area contributed by atoms with Crippen LogP contribution < -0.4 is 11.5 Å². The van der Waals surface area contributed by atoms with E-state index in [0.29, 0.717) is 51.2 Å². The number of guanidine groups is 1. The van der Waals surface area contributed by atoms with E-state index in [9.17, 15) is 16.8 Å². The molecule has 6 aromatic rings. The Labute approximate surface area is 323 Å². The van der Waals surface area contributed by atoms with Gasteiger partial charge in [0.05, 0.1) is 19.8 Å². The molecule has 4 N–H and O–H groups in total. The van der Waals surface area contributed by atoms with E-state index in [2.05, 4.69) is 15.0 Å². The second-order valence-electron chi connectivity index (χ2n) is 11.6. The van der Waals surface area contributed by atoms with Gasteiger partial charge < -0.3 is 11.5 Å². The van der Waals surface area contributed by atoms with Crippen molar-refractivity contribution in [3.63, 3.8) is 0 Å². The number of aromatic nitrogens is 2. The highest BCUT2D eigenvalue weighted by Crippen LogP contribution is 2.33. The van der Waals surface area contributed by atoms with Gasteiger partial charge in [0.15, 0.2) is 11.8 Å². The van der Waals surface area contributed by atoms with Crippen LogP contribution in [0.1, 0.15) is 25.0 Å². The molecule has 16 heteroatoms. The Hall–Kier alpha value is -4.34. The molecule has 6 rings (SSSR count). The molecule has 0 fully saturated rings. The number of sulfonamides is 2. The molecule has 0 aliphatic carbocycles. The van der Waals surface area contributed by atoms with Crippen LogP contribution in [0.25, 0.3) is 21.5 Å². The smallest absolute Gasteiger partial charge is 0.243 e. The molecule has 0 bridgehead atoms. The Bertz CT molecular complexity index is 2490. The summed E-state index contributed by atoms with van der Waals surface area (Å²) in [5.41, 5.74) is 12.8. The SMILES string of the molecule is CCN(Cc1ccccc1)S(=O)(=O)c1ccc2c(Cl)cnc(Cl)c2c1.CCN(Cc1ccccc1)S(=O)(=O)c1ccc2c(Cl)cnc(N=C(N)N)c2c1. The van der Waals surface area contributed by atoms with E-state index in [-0.39, 0.29) is 33.3 Å².